The number of halogens is 1. The van der Waals surface area contributed by atoms with Crippen LogP contribution >= 0.6 is 0 Å². The molecule has 3 heteroatoms. The summed E-state index contributed by atoms with van der Waals surface area (Å²) in [6.45, 7) is 0. The summed E-state index contributed by atoms with van der Waals surface area (Å²) < 4.78 is 12.4. The summed E-state index contributed by atoms with van der Waals surface area (Å²) in [6.07, 6.45) is 3.32. The molecule has 1 rings (SSSR count). The minimum Gasteiger partial charge on any atom is -0.299 e. The number of allylic oxidation sites excluding steroid dienone is 1. The topological polar surface area (TPSA) is 30.0 Å². The number of nitrogens with zero attached hydrogens (tertiary/aromatic N) is 1. The molecule has 0 saturated heterocycles. The molecule has 0 aliphatic rings. The zero-order valence-corrected chi connectivity index (χ0v) is 5.70. The molecule has 1 aromatic heterocycles. The number of aldehydes is 1. The zero-order chi connectivity index (χ0) is 8.10. The first-order valence-electron chi connectivity index (χ1n) is 3.07. The largest absolute Gasteiger partial charge is 0.299 e. The SMILES string of the molecule is O=CC=Cc1cccc(F)n1. The highest BCUT2D eigenvalue weighted by Crippen LogP contribution is 1.98. The van der Waals surface area contributed by atoms with Crippen molar-refractivity contribution in [2.24, 2.45) is 0 Å². The number of carbonyl (C=O) groups is 1. The van der Waals surface area contributed by atoms with E-state index in [0.717, 1.165) is 0 Å². The summed E-state index contributed by atoms with van der Waals surface area (Å²) in [6, 6.07) is 4.40. The minimum atomic E-state index is -0.543. The van der Waals surface area contributed by atoms with Crippen molar-refractivity contribution >= 4 is 12.4 Å². The highest BCUT2D eigenvalue weighted by atomic mass is 19.1. The van der Waals surface area contributed by atoms with E-state index in [-0.39, 0.29) is 0 Å². The highest BCUT2D eigenvalue weighted by Gasteiger charge is 1.89. The van der Waals surface area contributed by atoms with Crippen molar-refractivity contribution in [3.05, 3.63) is 35.9 Å². The Balaban J connectivity index is 2.87. The van der Waals surface area contributed by atoms with Gasteiger partial charge in [-0.1, -0.05) is 6.07 Å². The molecule has 0 aromatic carbocycles. The van der Waals surface area contributed by atoms with Gasteiger partial charge in [0, 0.05) is 0 Å². The van der Waals surface area contributed by atoms with Crippen LogP contribution in [0.2, 0.25) is 0 Å². The third-order valence-corrected chi connectivity index (χ3v) is 1.08. The normalized spacial score (nSPS) is 10.3. The summed E-state index contributed by atoms with van der Waals surface area (Å²) >= 11 is 0. The predicted molar refractivity (Wildman–Crippen MR) is 39.3 cm³/mol. The first kappa shape index (κ1) is 7.60. The zero-order valence-electron chi connectivity index (χ0n) is 5.70. The number of hydrogen-bond donors (Lipinski definition) is 0. The van der Waals surface area contributed by atoms with Crippen LogP contribution in [0.15, 0.2) is 24.3 Å². The quantitative estimate of drug-likeness (QED) is 0.363. The van der Waals surface area contributed by atoms with Gasteiger partial charge in [0.25, 0.3) is 0 Å². The van der Waals surface area contributed by atoms with Gasteiger partial charge < -0.3 is 0 Å². The molecular weight excluding hydrogens is 145 g/mol. The van der Waals surface area contributed by atoms with Crippen LogP contribution in [-0.4, -0.2) is 11.3 Å². The third kappa shape index (κ3) is 2.29. The molecule has 2 nitrogen and oxygen atoms in total. The molecule has 1 heterocycles. The van der Waals surface area contributed by atoms with Gasteiger partial charge in [-0.2, -0.15) is 4.39 Å². The second-order valence-corrected chi connectivity index (χ2v) is 1.88. The van der Waals surface area contributed by atoms with Gasteiger partial charge in [-0.3, -0.25) is 4.79 Å². The lowest BCUT2D eigenvalue weighted by molar-refractivity contribution is -0.104. The molecular formula is C8H6FNO. The lowest BCUT2D eigenvalue weighted by Crippen LogP contribution is -1.83. The summed E-state index contributed by atoms with van der Waals surface area (Å²) in [7, 11) is 0. The van der Waals surface area contributed by atoms with Crippen LogP contribution in [0.4, 0.5) is 4.39 Å². The van der Waals surface area contributed by atoms with E-state index in [1.54, 1.807) is 6.07 Å². The molecule has 0 atom stereocenters. The Hall–Kier alpha value is -1.51. The van der Waals surface area contributed by atoms with E-state index in [2.05, 4.69) is 4.98 Å². The van der Waals surface area contributed by atoms with Crippen LogP contribution < -0.4 is 0 Å². The van der Waals surface area contributed by atoms with E-state index in [1.165, 1.54) is 24.3 Å². The van der Waals surface area contributed by atoms with E-state index in [0.29, 0.717) is 12.0 Å². The third-order valence-electron chi connectivity index (χ3n) is 1.08. The van der Waals surface area contributed by atoms with E-state index in [9.17, 15) is 9.18 Å². The van der Waals surface area contributed by atoms with Gasteiger partial charge in [0.05, 0.1) is 5.69 Å². The fraction of sp³-hybridized carbons (Fsp3) is 0. The smallest absolute Gasteiger partial charge is 0.213 e. The van der Waals surface area contributed by atoms with Crippen LogP contribution in [0.1, 0.15) is 5.69 Å². The van der Waals surface area contributed by atoms with Crippen molar-refractivity contribution in [1.82, 2.24) is 4.98 Å². The Labute approximate surface area is 63.4 Å². The van der Waals surface area contributed by atoms with Crippen LogP contribution in [-0.2, 0) is 4.79 Å². The fourth-order valence-electron chi connectivity index (χ4n) is 0.655. The second kappa shape index (κ2) is 3.61. The molecule has 0 saturated carbocycles. The number of rotatable bonds is 2. The lowest BCUT2D eigenvalue weighted by Gasteiger charge is -1.89. The first-order valence-corrected chi connectivity index (χ1v) is 3.07. The van der Waals surface area contributed by atoms with Gasteiger partial charge in [-0.15, -0.1) is 0 Å². The average molecular weight is 151 g/mol. The van der Waals surface area contributed by atoms with Crippen molar-refractivity contribution in [1.29, 1.82) is 0 Å². The van der Waals surface area contributed by atoms with E-state index in [1.807, 2.05) is 0 Å². The van der Waals surface area contributed by atoms with Crippen molar-refractivity contribution in [2.45, 2.75) is 0 Å². The van der Waals surface area contributed by atoms with E-state index in [4.69, 9.17) is 0 Å². The van der Waals surface area contributed by atoms with Crippen LogP contribution in [0.3, 0.4) is 0 Å². The Morgan fingerprint density at radius 1 is 1.45 bits per heavy atom. The maximum atomic E-state index is 12.4. The summed E-state index contributed by atoms with van der Waals surface area (Å²) in [5.41, 5.74) is 0.442. The molecule has 0 N–H and O–H groups in total. The van der Waals surface area contributed by atoms with Gasteiger partial charge in [-0.25, -0.2) is 4.98 Å². The van der Waals surface area contributed by atoms with Crippen LogP contribution in [0.25, 0.3) is 6.08 Å². The molecule has 0 aliphatic carbocycles. The Morgan fingerprint density at radius 2 is 2.27 bits per heavy atom. The predicted octanol–water partition coefficient (Wildman–Crippen LogP) is 1.43. The van der Waals surface area contributed by atoms with Gasteiger partial charge in [0.1, 0.15) is 6.29 Å². The van der Waals surface area contributed by atoms with Crippen LogP contribution in [0.5, 0.6) is 0 Å². The number of pyridine rings is 1. The Kier molecular flexibility index (Phi) is 2.49. The van der Waals surface area contributed by atoms with Crippen molar-refractivity contribution in [3.8, 4) is 0 Å². The van der Waals surface area contributed by atoms with E-state index < -0.39 is 5.95 Å². The molecule has 0 unspecified atom stereocenters. The molecule has 56 valence electrons. The average Bonchev–Trinajstić information content (AvgIpc) is 2.01. The number of aromatic nitrogens is 1. The molecule has 1 aromatic rings. The summed E-state index contributed by atoms with van der Waals surface area (Å²) in [5.74, 6) is -0.543. The minimum absolute atomic E-state index is 0.442. The van der Waals surface area contributed by atoms with E-state index >= 15 is 0 Å². The van der Waals surface area contributed by atoms with Gasteiger partial charge in [-0.05, 0) is 24.3 Å². The van der Waals surface area contributed by atoms with Gasteiger partial charge >= 0.3 is 0 Å². The van der Waals surface area contributed by atoms with Crippen molar-refractivity contribution in [3.63, 3.8) is 0 Å². The number of hydrogen-bond acceptors (Lipinski definition) is 2. The maximum absolute atomic E-state index is 12.4. The molecule has 0 radical (unpaired) electrons. The second-order valence-electron chi connectivity index (χ2n) is 1.88. The van der Waals surface area contributed by atoms with Crippen molar-refractivity contribution < 1.29 is 9.18 Å². The van der Waals surface area contributed by atoms with Crippen molar-refractivity contribution in [2.75, 3.05) is 0 Å². The maximum Gasteiger partial charge on any atom is 0.213 e. The standard InChI is InChI=1S/C8H6FNO/c9-8-5-1-3-7(10-8)4-2-6-11/h1-6H. The molecule has 0 fully saturated rings. The van der Waals surface area contributed by atoms with Crippen LogP contribution in [0, 0.1) is 5.95 Å². The lowest BCUT2D eigenvalue weighted by atomic mass is 10.3. The summed E-state index contributed by atoms with van der Waals surface area (Å²) in [4.78, 5) is 13.4. The molecule has 0 bridgehead atoms. The molecule has 0 amide bonds. The number of carbonyl (C=O) groups excluding carboxylic acids is 1. The monoisotopic (exact) mass is 151 g/mol. The molecule has 0 spiro atoms. The Morgan fingerprint density at radius 3 is 2.91 bits per heavy atom. The first-order chi connectivity index (χ1) is 5.33. The molecule has 11 heavy (non-hydrogen) atoms. The molecule has 0 aliphatic heterocycles. The Bertz CT molecular complexity index is 283. The summed E-state index contributed by atoms with van der Waals surface area (Å²) in [5, 5.41) is 0. The van der Waals surface area contributed by atoms with Gasteiger partial charge in [0.2, 0.25) is 5.95 Å². The fourth-order valence-corrected chi connectivity index (χ4v) is 0.655. The highest BCUT2D eigenvalue weighted by molar-refractivity contribution is 5.72. The van der Waals surface area contributed by atoms with Gasteiger partial charge in [0.15, 0.2) is 0 Å².